The first-order chi connectivity index (χ1) is 12.8. The van der Waals surface area contributed by atoms with Gasteiger partial charge < -0.3 is 5.11 Å². The van der Waals surface area contributed by atoms with Crippen molar-refractivity contribution in [2.45, 2.75) is 30.7 Å². The zero-order valence-corrected chi connectivity index (χ0v) is 16.6. The Hall–Kier alpha value is -1.43. The van der Waals surface area contributed by atoms with Crippen molar-refractivity contribution in [3.63, 3.8) is 0 Å². The van der Waals surface area contributed by atoms with Gasteiger partial charge in [-0.25, -0.2) is 26.9 Å². The van der Waals surface area contributed by atoms with Crippen LogP contribution in [0.15, 0.2) is 30.9 Å². The third kappa shape index (κ3) is 4.42. The van der Waals surface area contributed by atoms with E-state index in [1.54, 1.807) is 0 Å². The van der Waals surface area contributed by atoms with Crippen LogP contribution < -0.4 is 0 Å². The van der Waals surface area contributed by atoms with Gasteiger partial charge in [-0.1, -0.05) is 36.2 Å². The number of benzene rings is 1. The Morgan fingerprint density at radius 2 is 1.93 bits per heavy atom. The van der Waals surface area contributed by atoms with Crippen LogP contribution in [0.4, 0.5) is 17.6 Å². The molecular weight excluding hydrogens is 449 g/mol. The quantitative estimate of drug-likeness (QED) is 0.606. The maximum Gasteiger partial charge on any atom is 0.404 e. The van der Waals surface area contributed by atoms with Crippen molar-refractivity contribution in [2.75, 3.05) is 5.75 Å². The maximum absolute atomic E-state index is 13.5. The second kappa shape index (κ2) is 8.13. The molecule has 1 N–H and O–H groups in total. The minimum atomic E-state index is -5.61. The van der Waals surface area contributed by atoms with Gasteiger partial charge in [0.1, 0.15) is 18.3 Å². The van der Waals surface area contributed by atoms with E-state index in [1.165, 1.54) is 24.5 Å². The Kier molecular flexibility index (Phi) is 6.64. The molecule has 0 bridgehead atoms. The van der Waals surface area contributed by atoms with Gasteiger partial charge in [0.15, 0.2) is 0 Å². The summed E-state index contributed by atoms with van der Waals surface area (Å²) >= 11 is 11.9. The molecule has 0 saturated heterocycles. The van der Waals surface area contributed by atoms with Gasteiger partial charge in [0, 0.05) is 21.5 Å². The average Bonchev–Trinajstić information content (AvgIpc) is 3.06. The smallest absolute Gasteiger partial charge is 0.383 e. The fourth-order valence-electron chi connectivity index (χ4n) is 2.62. The Labute approximate surface area is 168 Å². The molecule has 0 radical (unpaired) electrons. The van der Waals surface area contributed by atoms with Crippen molar-refractivity contribution < 1.29 is 31.1 Å². The largest absolute Gasteiger partial charge is 0.404 e. The van der Waals surface area contributed by atoms with Gasteiger partial charge in [-0.05, 0) is 12.1 Å². The van der Waals surface area contributed by atoms with Crippen LogP contribution in [0.1, 0.15) is 12.5 Å². The molecule has 28 heavy (non-hydrogen) atoms. The lowest BCUT2D eigenvalue weighted by atomic mass is 9.83. The maximum atomic E-state index is 13.5. The normalized spacial score (nSPS) is 16.2. The standard InChI is InChI=1S/C15H15Cl2F4N3O3S/c1-9(5-28(26,27)15(20,21)13(18)19)14(25,6-24-8-22-7-23-24)11-3-2-10(16)4-12(11)17/h2-4,7-9,13,25H,5-6H2,1H3. The summed E-state index contributed by atoms with van der Waals surface area (Å²) in [6.45, 7) is 0.701. The SMILES string of the molecule is CC(CS(=O)(=O)C(F)(F)C(F)F)C(O)(Cn1cncn1)c1ccc(Cl)cc1Cl. The van der Waals surface area contributed by atoms with E-state index < -0.39 is 45.3 Å². The molecule has 2 atom stereocenters. The molecule has 2 unspecified atom stereocenters. The number of alkyl halides is 4. The summed E-state index contributed by atoms with van der Waals surface area (Å²) in [5.41, 5.74) is -2.20. The summed E-state index contributed by atoms with van der Waals surface area (Å²) in [4.78, 5) is 3.68. The highest BCUT2D eigenvalue weighted by molar-refractivity contribution is 7.92. The Morgan fingerprint density at radius 3 is 2.43 bits per heavy atom. The van der Waals surface area contributed by atoms with Crippen molar-refractivity contribution in [1.29, 1.82) is 0 Å². The zero-order chi connectivity index (χ0) is 21.3. The Bertz CT molecular complexity index is 929. The van der Waals surface area contributed by atoms with Crippen molar-refractivity contribution in [1.82, 2.24) is 14.8 Å². The van der Waals surface area contributed by atoms with Crippen molar-refractivity contribution in [2.24, 2.45) is 5.92 Å². The molecule has 2 rings (SSSR count). The zero-order valence-electron chi connectivity index (χ0n) is 14.2. The van der Waals surface area contributed by atoms with E-state index >= 15 is 0 Å². The highest BCUT2D eigenvalue weighted by Gasteiger charge is 2.55. The molecule has 0 amide bonds. The number of sulfone groups is 1. The fraction of sp³-hybridized carbons (Fsp3) is 0.467. The van der Waals surface area contributed by atoms with E-state index in [2.05, 4.69) is 10.1 Å². The van der Waals surface area contributed by atoms with Gasteiger partial charge in [-0.2, -0.15) is 13.9 Å². The van der Waals surface area contributed by atoms with Crippen LogP contribution in [0.25, 0.3) is 0 Å². The molecule has 6 nitrogen and oxygen atoms in total. The van der Waals surface area contributed by atoms with Gasteiger partial charge >= 0.3 is 11.7 Å². The first-order valence-corrected chi connectivity index (χ1v) is 10.1. The Balaban J connectivity index is 2.49. The van der Waals surface area contributed by atoms with Crippen molar-refractivity contribution >= 4 is 33.0 Å². The average molecular weight is 464 g/mol. The minimum absolute atomic E-state index is 0.0304. The molecule has 1 heterocycles. The van der Waals surface area contributed by atoms with E-state index in [4.69, 9.17) is 23.2 Å². The number of aromatic nitrogens is 3. The van der Waals surface area contributed by atoms with Crippen LogP contribution in [0.3, 0.4) is 0 Å². The highest BCUT2D eigenvalue weighted by Crippen LogP contribution is 2.40. The Morgan fingerprint density at radius 1 is 1.29 bits per heavy atom. The van der Waals surface area contributed by atoms with E-state index in [-0.39, 0.29) is 15.6 Å². The molecule has 0 spiro atoms. The van der Waals surface area contributed by atoms with E-state index in [0.717, 1.165) is 17.9 Å². The lowest BCUT2D eigenvalue weighted by Gasteiger charge is -2.35. The van der Waals surface area contributed by atoms with Gasteiger partial charge in [-0.3, -0.25) is 0 Å². The summed E-state index contributed by atoms with van der Waals surface area (Å²) in [6.07, 6.45) is -2.08. The van der Waals surface area contributed by atoms with E-state index in [9.17, 15) is 31.1 Å². The fourth-order valence-corrected chi connectivity index (χ4v) is 4.62. The van der Waals surface area contributed by atoms with Crippen LogP contribution in [-0.4, -0.2) is 45.7 Å². The van der Waals surface area contributed by atoms with Crippen LogP contribution in [0, 0.1) is 5.92 Å². The van der Waals surface area contributed by atoms with Crippen LogP contribution in [-0.2, 0) is 22.0 Å². The predicted molar refractivity (Wildman–Crippen MR) is 94.3 cm³/mol. The first kappa shape index (κ1) is 22.9. The molecule has 0 aliphatic carbocycles. The molecule has 0 fully saturated rings. The molecular formula is C15H15Cl2F4N3O3S. The van der Waals surface area contributed by atoms with Gasteiger partial charge in [-0.15, -0.1) is 0 Å². The van der Waals surface area contributed by atoms with Gasteiger partial charge in [0.2, 0.25) is 9.84 Å². The summed E-state index contributed by atoms with van der Waals surface area (Å²) in [5, 5.41) is 9.91. The molecule has 0 aliphatic rings. The highest BCUT2D eigenvalue weighted by atomic mass is 35.5. The first-order valence-electron chi connectivity index (χ1n) is 7.70. The summed E-state index contributed by atoms with van der Waals surface area (Å²) in [5.74, 6) is -2.92. The monoisotopic (exact) mass is 463 g/mol. The molecule has 13 heteroatoms. The molecule has 1 aromatic carbocycles. The molecule has 0 aliphatic heterocycles. The van der Waals surface area contributed by atoms with Crippen molar-refractivity contribution in [3.8, 4) is 0 Å². The topological polar surface area (TPSA) is 85.1 Å². The third-order valence-electron chi connectivity index (χ3n) is 4.22. The van der Waals surface area contributed by atoms with Gasteiger partial charge in [0.05, 0.1) is 12.3 Å². The lowest BCUT2D eigenvalue weighted by Crippen LogP contribution is -2.46. The summed E-state index contributed by atoms with van der Waals surface area (Å²) in [6, 6.07) is 3.90. The van der Waals surface area contributed by atoms with E-state index in [1.807, 2.05) is 0 Å². The van der Waals surface area contributed by atoms with Crippen LogP contribution in [0.5, 0.6) is 0 Å². The van der Waals surface area contributed by atoms with Gasteiger partial charge in [0.25, 0.3) is 0 Å². The van der Waals surface area contributed by atoms with Crippen molar-refractivity contribution in [3.05, 3.63) is 46.5 Å². The molecule has 1 aromatic heterocycles. The van der Waals surface area contributed by atoms with E-state index in [0.29, 0.717) is 0 Å². The second-order valence-corrected chi connectivity index (χ2v) is 9.14. The minimum Gasteiger partial charge on any atom is -0.383 e. The lowest BCUT2D eigenvalue weighted by molar-refractivity contribution is -0.0657. The third-order valence-corrected chi connectivity index (χ3v) is 6.71. The number of hydrogen-bond acceptors (Lipinski definition) is 5. The van der Waals surface area contributed by atoms with Crippen LogP contribution in [0.2, 0.25) is 10.0 Å². The predicted octanol–water partition coefficient (Wildman–Crippen LogP) is 3.38. The number of hydrogen-bond donors (Lipinski definition) is 1. The molecule has 2 aromatic rings. The number of halogens is 6. The number of aliphatic hydroxyl groups is 1. The summed E-state index contributed by atoms with van der Waals surface area (Å²) in [7, 11) is -5.61. The molecule has 156 valence electrons. The number of nitrogens with zero attached hydrogens (tertiary/aromatic N) is 3. The summed E-state index contributed by atoms with van der Waals surface area (Å²) < 4.78 is 77.0. The molecule has 0 saturated carbocycles. The number of rotatable bonds is 8. The van der Waals surface area contributed by atoms with Crippen LogP contribution >= 0.6 is 23.2 Å². The second-order valence-electron chi connectivity index (χ2n) is 6.19.